The lowest BCUT2D eigenvalue weighted by molar-refractivity contribution is 0.0429. The van der Waals surface area contributed by atoms with E-state index in [1.807, 2.05) is 31.2 Å². The van der Waals surface area contributed by atoms with Gasteiger partial charge in [0.05, 0.1) is 10.5 Å². The Balaban J connectivity index is 1.37. The highest BCUT2D eigenvalue weighted by atomic mass is 32.2. The second-order valence-corrected chi connectivity index (χ2v) is 9.73. The van der Waals surface area contributed by atoms with Crippen molar-refractivity contribution in [2.45, 2.75) is 44.1 Å². The van der Waals surface area contributed by atoms with E-state index in [4.69, 9.17) is 9.26 Å². The normalized spacial score (nSPS) is 15.3. The maximum atomic E-state index is 12.9. The summed E-state index contributed by atoms with van der Waals surface area (Å²) in [7, 11) is -3.56. The second-order valence-electron chi connectivity index (χ2n) is 7.80. The van der Waals surface area contributed by atoms with Gasteiger partial charge in [-0.2, -0.15) is 9.29 Å². The van der Waals surface area contributed by atoms with Crippen LogP contribution >= 0.6 is 0 Å². The summed E-state index contributed by atoms with van der Waals surface area (Å²) in [5, 5.41) is 3.91. The van der Waals surface area contributed by atoms with E-state index in [0.29, 0.717) is 18.9 Å². The van der Waals surface area contributed by atoms with E-state index in [0.717, 1.165) is 36.8 Å². The molecule has 1 saturated heterocycles. The van der Waals surface area contributed by atoms with Gasteiger partial charge in [0.2, 0.25) is 15.8 Å². The van der Waals surface area contributed by atoms with Crippen LogP contribution in [0.2, 0.25) is 0 Å². The lowest BCUT2D eigenvalue weighted by Gasteiger charge is -2.19. The first-order chi connectivity index (χ1) is 15.4. The fraction of sp³-hybridized carbons (Fsp3) is 0.348. The smallest absolute Gasteiger partial charge is 0.338 e. The molecular formula is C23H25N3O5S. The topological polar surface area (TPSA) is 103 Å². The van der Waals surface area contributed by atoms with Crippen LogP contribution in [-0.2, 0) is 21.4 Å². The van der Waals surface area contributed by atoms with Gasteiger partial charge < -0.3 is 9.26 Å². The van der Waals surface area contributed by atoms with Crippen molar-refractivity contribution < 1.29 is 22.5 Å². The maximum absolute atomic E-state index is 12.9. The molecule has 168 valence electrons. The zero-order chi connectivity index (χ0) is 22.6. The van der Waals surface area contributed by atoms with Crippen molar-refractivity contribution in [1.29, 1.82) is 0 Å². The molecule has 1 fully saturated rings. The van der Waals surface area contributed by atoms with E-state index >= 15 is 0 Å². The zero-order valence-electron chi connectivity index (χ0n) is 17.9. The molecule has 0 atom stereocenters. The van der Waals surface area contributed by atoms with Crippen molar-refractivity contribution >= 4 is 16.0 Å². The molecule has 0 amide bonds. The fourth-order valence-corrected chi connectivity index (χ4v) is 5.06. The van der Waals surface area contributed by atoms with E-state index in [-0.39, 0.29) is 23.0 Å². The van der Waals surface area contributed by atoms with E-state index in [2.05, 4.69) is 10.1 Å². The highest BCUT2D eigenvalue weighted by Gasteiger charge is 2.25. The summed E-state index contributed by atoms with van der Waals surface area (Å²) in [4.78, 5) is 16.8. The summed E-state index contributed by atoms with van der Waals surface area (Å²) >= 11 is 0. The number of esters is 1. The van der Waals surface area contributed by atoms with Crippen LogP contribution in [0.4, 0.5) is 0 Å². The van der Waals surface area contributed by atoms with Crippen molar-refractivity contribution in [3.63, 3.8) is 0 Å². The predicted octanol–water partition coefficient (Wildman–Crippen LogP) is 3.97. The SMILES string of the molecule is Cc1ccc(-c2noc(COC(=O)c3ccc(S(=O)(=O)N4CCCCCC4)cc3)n2)cc1. The molecule has 9 heteroatoms. The first-order valence-electron chi connectivity index (χ1n) is 10.6. The molecule has 1 aromatic heterocycles. The van der Waals surface area contributed by atoms with Crippen LogP contribution in [0.15, 0.2) is 57.9 Å². The van der Waals surface area contributed by atoms with Crippen LogP contribution in [-0.4, -0.2) is 41.9 Å². The van der Waals surface area contributed by atoms with Gasteiger partial charge in [-0.05, 0) is 44.0 Å². The van der Waals surface area contributed by atoms with Gasteiger partial charge in [-0.25, -0.2) is 13.2 Å². The molecule has 0 spiro atoms. The third-order valence-corrected chi connectivity index (χ3v) is 7.31. The average Bonchev–Trinajstić information content (AvgIpc) is 3.10. The van der Waals surface area contributed by atoms with E-state index in [1.165, 1.54) is 28.6 Å². The minimum atomic E-state index is -3.56. The molecule has 1 aliphatic heterocycles. The fourth-order valence-electron chi connectivity index (χ4n) is 3.54. The van der Waals surface area contributed by atoms with Gasteiger partial charge in [0.15, 0.2) is 6.61 Å². The van der Waals surface area contributed by atoms with Crippen LogP contribution in [0.25, 0.3) is 11.4 Å². The van der Waals surface area contributed by atoms with Gasteiger partial charge in [-0.15, -0.1) is 0 Å². The molecule has 2 heterocycles. The lowest BCUT2D eigenvalue weighted by atomic mass is 10.1. The quantitative estimate of drug-likeness (QED) is 0.518. The van der Waals surface area contributed by atoms with Crippen LogP contribution in [0.1, 0.15) is 47.5 Å². The minimum absolute atomic E-state index is 0.175. The summed E-state index contributed by atoms with van der Waals surface area (Å²) in [5.74, 6) is -0.00721. The summed E-state index contributed by atoms with van der Waals surface area (Å²) in [6.07, 6.45) is 3.82. The van der Waals surface area contributed by atoms with Gasteiger partial charge >= 0.3 is 5.97 Å². The number of carbonyl (C=O) groups is 1. The molecule has 2 aromatic carbocycles. The number of hydrogen-bond donors (Lipinski definition) is 0. The maximum Gasteiger partial charge on any atom is 0.338 e. The monoisotopic (exact) mass is 455 g/mol. The molecule has 3 aromatic rings. The zero-order valence-corrected chi connectivity index (χ0v) is 18.7. The van der Waals surface area contributed by atoms with Gasteiger partial charge in [-0.1, -0.05) is 47.8 Å². The van der Waals surface area contributed by atoms with Gasteiger partial charge in [0.1, 0.15) is 0 Å². The summed E-state index contributed by atoms with van der Waals surface area (Å²) in [6.45, 7) is 2.87. The van der Waals surface area contributed by atoms with Crippen LogP contribution in [0, 0.1) is 6.92 Å². The Hall–Kier alpha value is -3.04. The number of aromatic nitrogens is 2. The van der Waals surface area contributed by atoms with Gasteiger partial charge in [-0.3, -0.25) is 0 Å². The molecule has 0 radical (unpaired) electrons. The highest BCUT2D eigenvalue weighted by molar-refractivity contribution is 7.89. The predicted molar refractivity (Wildman–Crippen MR) is 117 cm³/mol. The van der Waals surface area contributed by atoms with Crippen LogP contribution in [0.5, 0.6) is 0 Å². The number of aryl methyl sites for hydroxylation is 1. The highest BCUT2D eigenvalue weighted by Crippen LogP contribution is 2.21. The standard InChI is InChI=1S/C23H25N3O5S/c1-17-6-8-18(9-7-17)22-24-21(31-25-22)16-30-23(27)19-10-12-20(13-11-19)32(28,29)26-14-4-2-3-5-15-26/h6-13H,2-5,14-16H2,1H3. The molecule has 0 saturated carbocycles. The van der Waals surface area contributed by atoms with Gasteiger partial charge in [0, 0.05) is 18.7 Å². The number of nitrogens with zero attached hydrogens (tertiary/aromatic N) is 3. The molecule has 4 rings (SSSR count). The van der Waals surface area contributed by atoms with Crippen molar-refractivity contribution in [3.05, 3.63) is 65.5 Å². The van der Waals surface area contributed by atoms with Crippen molar-refractivity contribution in [2.75, 3.05) is 13.1 Å². The number of carbonyl (C=O) groups excluding carboxylic acids is 1. The molecule has 8 nitrogen and oxygen atoms in total. The average molecular weight is 456 g/mol. The molecule has 32 heavy (non-hydrogen) atoms. The van der Waals surface area contributed by atoms with E-state index in [1.54, 1.807) is 0 Å². The largest absolute Gasteiger partial charge is 0.452 e. The van der Waals surface area contributed by atoms with E-state index in [9.17, 15) is 13.2 Å². The Labute approximate surface area is 187 Å². The first-order valence-corrected chi connectivity index (χ1v) is 12.0. The van der Waals surface area contributed by atoms with Crippen LogP contribution in [0.3, 0.4) is 0 Å². The van der Waals surface area contributed by atoms with Crippen molar-refractivity contribution in [3.8, 4) is 11.4 Å². The second kappa shape index (κ2) is 9.62. The van der Waals surface area contributed by atoms with Crippen molar-refractivity contribution in [1.82, 2.24) is 14.4 Å². The Bertz CT molecular complexity index is 1160. The summed E-state index contributed by atoms with van der Waals surface area (Å²) < 4.78 is 37.6. The van der Waals surface area contributed by atoms with Crippen molar-refractivity contribution in [2.24, 2.45) is 0 Å². The molecule has 1 aliphatic rings. The summed E-state index contributed by atoms with van der Waals surface area (Å²) in [6, 6.07) is 13.5. The number of rotatable bonds is 6. The molecule has 0 N–H and O–H groups in total. The Kier molecular flexibility index (Phi) is 6.66. The van der Waals surface area contributed by atoms with Crippen LogP contribution < -0.4 is 0 Å². The lowest BCUT2D eigenvalue weighted by Crippen LogP contribution is -2.31. The number of hydrogen-bond acceptors (Lipinski definition) is 7. The van der Waals surface area contributed by atoms with E-state index < -0.39 is 16.0 Å². The number of benzene rings is 2. The third-order valence-electron chi connectivity index (χ3n) is 5.40. The first kappa shape index (κ1) is 22.2. The Morgan fingerprint density at radius 3 is 2.31 bits per heavy atom. The Morgan fingerprint density at radius 2 is 1.66 bits per heavy atom. The minimum Gasteiger partial charge on any atom is -0.452 e. The number of ether oxygens (including phenoxy) is 1. The summed E-state index contributed by atoms with van der Waals surface area (Å²) in [5.41, 5.74) is 2.17. The number of sulfonamides is 1. The Morgan fingerprint density at radius 1 is 1.00 bits per heavy atom. The molecule has 0 aliphatic carbocycles. The molecule has 0 unspecified atom stereocenters. The molecular weight excluding hydrogens is 430 g/mol. The molecule has 0 bridgehead atoms. The third kappa shape index (κ3) is 5.05. The van der Waals surface area contributed by atoms with Gasteiger partial charge in [0.25, 0.3) is 5.89 Å².